The van der Waals surface area contributed by atoms with E-state index in [0.29, 0.717) is 23.1 Å². The number of oxazole rings is 1. The zero-order valence-electron chi connectivity index (χ0n) is 10.7. The van der Waals surface area contributed by atoms with Crippen LogP contribution in [0.25, 0.3) is 11.1 Å². The maximum absolute atomic E-state index is 11.9. The van der Waals surface area contributed by atoms with E-state index in [4.69, 9.17) is 4.42 Å². The van der Waals surface area contributed by atoms with Crippen molar-refractivity contribution < 1.29 is 9.21 Å². The molecule has 4 nitrogen and oxygen atoms in total. The second-order valence-corrected chi connectivity index (χ2v) is 4.49. The Morgan fingerprint density at radius 2 is 2.11 bits per heavy atom. The fourth-order valence-corrected chi connectivity index (χ4v) is 1.99. The number of hydrogen-bond acceptors (Lipinski definition) is 3. The van der Waals surface area contributed by atoms with Crippen molar-refractivity contribution in [2.45, 2.75) is 32.6 Å². The molecule has 0 atom stereocenters. The zero-order chi connectivity index (χ0) is 13.1. The number of rotatable bonds is 5. The van der Waals surface area contributed by atoms with E-state index in [1.165, 1.54) is 4.57 Å². The van der Waals surface area contributed by atoms with E-state index in [0.717, 1.165) is 19.3 Å². The molecular weight excluding hydrogens is 230 g/mol. The predicted octanol–water partition coefficient (Wildman–Crippen LogP) is 2.89. The van der Waals surface area contributed by atoms with E-state index in [1.807, 2.05) is 0 Å². The van der Waals surface area contributed by atoms with Gasteiger partial charge in [-0.1, -0.05) is 19.8 Å². The van der Waals surface area contributed by atoms with Crippen molar-refractivity contribution in [1.29, 1.82) is 0 Å². The standard InChI is InChI=1S/C14H17NO3/c1-3-4-5-6-12(16)10-7-8-11-13(9-10)18-14(17)15(11)2/h7-9H,3-6H2,1-2H3. The van der Waals surface area contributed by atoms with Crippen LogP contribution in [0.15, 0.2) is 27.4 Å². The van der Waals surface area contributed by atoms with Crippen LogP contribution in [-0.4, -0.2) is 10.4 Å². The highest BCUT2D eigenvalue weighted by atomic mass is 16.4. The summed E-state index contributed by atoms with van der Waals surface area (Å²) in [6, 6.07) is 5.17. The summed E-state index contributed by atoms with van der Waals surface area (Å²) in [5.74, 6) is -0.294. The minimum Gasteiger partial charge on any atom is -0.408 e. The Morgan fingerprint density at radius 1 is 1.33 bits per heavy atom. The van der Waals surface area contributed by atoms with Gasteiger partial charge in [-0.05, 0) is 24.6 Å². The quantitative estimate of drug-likeness (QED) is 0.603. The number of hydrogen-bond donors (Lipinski definition) is 0. The third kappa shape index (κ3) is 2.37. The molecule has 96 valence electrons. The van der Waals surface area contributed by atoms with E-state index in [-0.39, 0.29) is 5.78 Å². The average Bonchev–Trinajstić information content (AvgIpc) is 2.65. The Balaban J connectivity index is 2.24. The molecule has 0 saturated heterocycles. The van der Waals surface area contributed by atoms with Crippen molar-refractivity contribution in [3.63, 3.8) is 0 Å². The molecule has 2 rings (SSSR count). The third-order valence-electron chi connectivity index (χ3n) is 3.12. The van der Waals surface area contributed by atoms with Gasteiger partial charge in [0.15, 0.2) is 11.4 Å². The lowest BCUT2D eigenvalue weighted by Gasteiger charge is -2.00. The Labute approximate surface area is 105 Å². The number of aryl methyl sites for hydroxylation is 1. The number of ketones is 1. The molecule has 0 unspecified atom stereocenters. The lowest BCUT2D eigenvalue weighted by molar-refractivity contribution is 0.0979. The predicted molar refractivity (Wildman–Crippen MR) is 69.9 cm³/mol. The summed E-state index contributed by atoms with van der Waals surface area (Å²) >= 11 is 0. The molecule has 0 aliphatic rings. The van der Waals surface area contributed by atoms with Gasteiger partial charge in [0.25, 0.3) is 0 Å². The van der Waals surface area contributed by atoms with Crippen LogP contribution >= 0.6 is 0 Å². The first-order valence-corrected chi connectivity index (χ1v) is 6.26. The fraction of sp³-hybridized carbons (Fsp3) is 0.429. The van der Waals surface area contributed by atoms with Crippen LogP contribution < -0.4 is 5.76 Å². The highest BCUT2D eigenvalue weighted by molar-refractivity contribution is 5.98. The van der Waals surface area contributed by atoms with Gasteiger partial charge in [0.1, 0.15) is 0 Å². The SMILES string of the molecule is CCCCCC(=O)c1ccc2c(c1)oc(=O)n2C. The summed E-state index contributed by atoms with van der Waals surface area (Å²) < 4.78 is 6.50. The smallest absolute Gasteiger partial charge is 0.408 e. The summed E-state index contributed by atoms with van der Waals surface area (Å²) in [5, 5.41) is 0. The summed E-state index contributed by atoms with van der Waals surface area (Å²) in [4.78, 5) is 23.3. The fourth-order valence-electron chi connectivity index (χ4n) is 1.99. The molecule has 0 aliphatic heterocycles. The summed E-state index contributed by atoms with van der Waals surface area (Å²) in [7, 11) is 1.65. The van der Waals surface area contributed by atoms with Crippen LogP contribution in [0.5, 0.6) is 0 Å². The Morgan fingerprint density at radius 3 is 2.83 bits per heavy atom. The van der Waals surface area contributed by atoms with E-state index in [1.54, 1.807) is 25.2 Å². The summed E-state index contributed by atoms with van der Waals surface area (Å²) in [6.45, 7) is 2.11. The van der Waals surface area contributed by atoms with Crippen LogP contribution in [0.3, 0.4) is 0 Å². The molecule has 18 heavy (non-hydrogen) atoms. The number of Topliss-reactive ketones (excluding diaryl/α,β-unsaturated/α-hetero) is 1. The summed E-state index contributed by atoms with van der Waals surface area (Å²) in [6.07, 6.45) is 3.62. The van der Waals surface area contributed by atoms with Crippen molar-refractivity contribution in [1.82, 2.24) is 4.57 Å². The monoisotopic (exact) mass is 247 g/mol. The Kier molecular flexibility index (Phi) is 3.65. The van der Waals surface area contributed by atoms with Gasteiger partial charge in [0.05, 0.1) is 5.52 Å². The number of nitrogens with zero attached hydrogens (tertiary/aromatic N) is 1. The highest BCUT2D eigenvalue weighted by Crippen LogP contribution is 2.16. The summed E-state index contributed by atoms with van der Waals surface area (Å²) in [5.41, 5.74) is 1.81. The molecular formula is C14H17NO3. The van der Waals surface area contributed by atoms with E-state index >= 15 is 0 Å². The Hall–Kier alpha value is -1.84. The van der Waals surface area contributed by atoms with Crippen molar-refractivity contribution in [3.05, 3.63) is 34.3 Å². The second kappa shape index (κ2) is 5.21. The maximum atomic E-state index is 11.9. The molecule has 1 heterocycles. The van der Waals surface area contributed by atoms with E-state index in [9.17, 15) is 9.59 Å². The van der Waals surface area contributed by atoms with Gasteiger partial charge in [0.2, 0.25) is 0 Å². The van der Waals surface area contributed by atoms with Crippen LogP contribution in [0.2, 0.25) is 0 Å². The molecule has 2 aromatic rings. The number of carbonyl (C=O) groups is 1. The van der Waals surface area contributed by atoms with Crippen LogP contribution in [-0.2, 0) is 7.05 Å². The maximum Gasteiger partial charge on any atom is 0.419 e. The molecule has 4 heteroatoms. The van der Waals surface area contributed by atoms with Gasteiger partial charge in [-0.3, -0.25) is 9.36 Å². The molecule has 0 fully saturated rings. The van der Waals surface area contributed by atoms with Gasteiger partial charge in [-0.15, -0.1) is 0 Å². The van der Waals surface area contributed by atoms with Gasteiger partial charge >= 0.3 is 5.76 Å². The largest absolute Gasteiger partial charge is 0.419 e. The molecule has 1 aromatic heterocycles. The van der Waals surface area contributed by atoms with Crippen LogP contribution in [0.4, 0.5) is 0 Å². The lowest BCUT2D eigenvalue weighted by Crippen LogP contribution is -2.08. The molecule has 1 aromatic carbocycles. The van der Waals surface area contributed by atoms with Crippen molar-refractivity contribution in [2.75, 3.05) is 0 Å². The normalized spacial score (nSPS) is 11.0. The van der Waals surface area contributed by atoms with Crippen molar-refractivity contribution in [2.24, 2.45) is 7.05 Å². The first-order chi connectivity index (χ1) is 8.63. The Bertz CT molecular complexity index is 621. The van der Waals surface area contributed by atoms with Gasteiger partial charge in [-0.25, -0.2) is 4.79 Å². The van der Waals surface area contributed by atoms with E-state index in [2.05, 4.69) is 6.92 Å². The third-order valence-corrected chi connectivity index (χ3v) is 3.12. The van der Waals surface area contributed by atoms with Crippen molar-refractivity contribution in [3.8, 4) is 0 Å². The second-order valence-electron chi connectivity index (χ2n) is 4.49. The first-order valence-electron chi connectivity index (χ1n) is 6.26. The molecule has 0 N–H and O–H groups in total. The lowest BCUT2D eigenvalue weighted by atomic mass is 10.0. The molecule has 0 spiro atoms. The van der Waals surface area contributed by atoms with Gasteiger partial charge in [-0.2, -0.15) is 0 Å². The number of unbranched alkanes of at least 4 members (excludes halogenated alkanes) is 2. The number of fused-ring (bicyclic) bond motifs is 1. The van der Waals surface area contributed by atoms with Crippen LogP contribution in [0.1, 0.15) is 43.0 Å². The van der Waals surface area contributed by atoms with Crippen LogP contribution in [0, 0.1) is 0 Å². The molecule has 0 radical (unpaired) electrons. The van der Waals surface area contributed by atoms with Gasteiger partial charge < -0.3 is 4.42 Å². The molecule has 0 saturated carbocycles. The van der Waals surface area contributed by atoms with Crippen molar-refractivity contribution >= 4 is 16.9 Å². The zero-order valence-corrected chi connectivity index (χ0v) is 10.7. The number of benzene rings is 1. The minimum atomic E-state index is -0.402. The van der Waals surface area contributed by atoms with Gasteiger partial charge in [0, 0.05) is 19.0 Å². The highest BCUT2D eigenvalue weighted by Gasteiger charge is 2.10. The number of carbonyl (C=O) groups excluding carboxylic acids is 1. The van der Waals surface area contributed by atoms with E-state index < -0.39 is 5.76 Å². The molecule has 0 amide bonds. The molecule has 0 aliphatic carbocycles. The average molecular weight is 247 g/mol. The molecule has 0 bridgehead atoms. The number of aromatic nitrogens is 1. The minimum absolute atomic E-state index is 0.108. The topological polar surface area (TPSA) is 52.2 Å². The first kappa shape index (κ1) is 12.6.